The second kappa shape index (κ2) is 7.14. The van der Waals surface area contributed by atoms with Crippen LogP contribution in [0.1, 0.15) is 25.3 Å². The summed E-state index contributed by atoms with van der Waals surface area (Å²) in [5, 5.41) is 0. The zero-order valence-corrected chi connectivity index (χ0v) is 15.3. The van der Waals surface area contributed by atoms with Gasteiger partial charge in [0.2, 0.25) is 10.0 Å². The van der Waals surface area contributed by atoms with E-state index >= 15 is 0 Å². The van der Waals surface area contributed by atoms with E-state index in [4.69, 9.17) is 0 Å². The summed E-state index contributed by atoms with van der Waals surface area (Å²) in [6, 6.07) is 13.4. The van der Waals surface area contributed by atoms with Crippen LogP contribution in [-0.2, 0) is 10.0 Å². The Morgan fingerprint density at radius 1 is 0.880 bits per heavy atom. The fraction of sp³-hybridized carbons (Fsp3) is 0.368. The van der Waals surface area contributed by atoms with Gasteiger partial charge in [-0.1, -0.05) is 26.0 Å². The first kappa shape index (κ1) is 17.9. The van der Waals surface area contributed by atoms with E-state index in [1.54, 1.807) is 24.3 Å². The Balaban J connectivity index is 1.69. The fourth-order valence-corrected chi connectivity index (χ4v) is 4.43. The van der Waals surface area contributed by atoms with Crippen molar-refractivity contribution in [2.75, 3.05) is 31.1 Å². The van der Waals surface area contributed by atoms with Crippen LogP contribution in [0.25, 0.3) is 0 Å². The Kier molecular flexibility index (Phi) is 5.11. The predicted octanol–water partition coefficient (Wildman–Crippen LogP) is 3.46. The van der Waals surface area contributed by atoms with Crippen molar-refractivity contribution in [1.82, 2.24) is 4.31 Å². The molecular weight excluding hydrogens is 339 g/mol. The van der Waals surface area contributed by atoms with Gasteiger partial charge in [-0.05, 0) is 47.9 Å². The molecule has 0 spiro atoms. The molecule has 0 N–H and O–H groups in total. The molecule has 0 aliphatic carbocycles. The average Bonchev–Trinajstić information content (AvgIpc) is 2.62. The molecule has 1 heterocycles. The molecule has 0 amide bonds. The molecule has 2 aromatic carbocycles. The Morgan fingerprint density at radius 3 is 1.96 bits per heavy atom. The van der Waals surface area contributed by atoms with Crippen LogP contribution in [0.2, 0.25) is 0 Å². The summed E-state index contributed by atoms with van der Waals surface area (Å²) in [6.45, 7) is 6.19. The highest BCUT2D eigenvalue weighted by Crippen LogP contribution is 2.23. The predicted molar refractivity (Wildman–Crippen MR) is 97.9 cm³/mol. The molecule has 0 aromatic heterocycles. The van der Waals surface area contributed by atoms with Gasteiger partial charge in [-0.25, -0.2) is 12.8 Å². The molecular formula is C19H23FN2O2S. The molecule has 0 saturated carbocycles. The molecule has 0 atom stereocenters. The molecule has 25 heavy (non-hydrogen) atoms. The Labute approximate surface area is 148 Å². The van der Waals surface area contributed by atoms with Gasteiger partial charge in [-0.15, -0.1) is 0 Å². The quantitative estimate of drug-likeness (QED) is 0.836. The average molecular weight is 362 g/mol. The molecule has 134 valence electrons. The Bertz CT molecular complexity index is 810. The molecule has 6 heteroatoms. The van der Waals surface area contributed by atoms with E-state index in [1.807, 2.05) is 12.1 Å². The molecule has 1 aliphatic rings. The molecule has 3 rings (SSSR count). The summed E-state index contributed by atoms with van der Waals surface area (Å²) in [7, 11) is -3.47. The van der Waals surface area contributed by atoms with E-state index in [0.29, 0.717) is 37.0 Å². The van der Waals surface area contributed by atoms with Crippen molar-refractivity contribution in [3.8, 4) is 0 Å². The molecule has 4 nitrogen and oxygen atoms in total. The van der Waals surface area contributed by atoms with E-state index in [2.05, 4.69) is 18.7 Å². The van der Waals surface area contributed by atoms with E-state index in [0.717, 1.165) is 11.3 Å². The molecule has 0 unspecified atom stereocenters. The summed E-state index contributed by atoms with van der Waals surface area (Å²) in [5.74, 6) is 0.103. The number of benzene rings is 2. The van der Waals surface area contributed by atoms with Gasteiger partial charge >= 0.3 is 0 Å². The van der Waals surface area contributed by atoms with Gasteiger partial charge in [-0.3, -0.25) is 0 Å². The number of sulfonamides is 1. The largest absolute Gasteiger partial charge is 0.369 e. The van der Waals surface area contributed by atoms with Crippen molar-refractivity contribution in [1.29, 1.82) is 0 Å². The van der Waals surface area contributed by atoms with Gasteiger partial charge in [0.05, 0.1) is 4.90 Å². The second-order valence-corrected chi connectivity index (χ2v) is 8.53. The van der Waals surface area contributed by atoms with Crippen molar-refractivity contribution in [2.24, 2.45) is 0 Å². The standard InChI is InChI=1S/C19H23FN2O2S/c1-15(2)16-3-9-19(10-4-16)25(23,24)22-13-11-21(12-14-22)18-7-5-17(20)6-8-18/h3-10,15H,11-14H2,1-2H3. The minimum absolute atomic E-state index is 0.269. The maximum absolute atomic E-state index is 13.0. The number of piperazine rings is 1. The lowest BCUT2D eigenvalue weighted by Gasteiger charge is -2.35. The van der Waals surface area contributed by atoms with Crippen LogP contribution >= 0.6 is 0 Å². The number of hydrogen-bond acceptors (Lipinski definition) is 3. The van der Waals surface area contributed by atoms with Crippen LogP contribution < -0.4 is 4.90 Å². The van der Waals surface area contributed by atoms with E-state index < -0.39 is 10.0 Å². The highest BCUT2D eigenvalue weighted by Gasteiger charge is 2.28. The number of halogens is 1. The van der Waals surface area contributed by atoms with Gasteiger partial charge < -0.3 is 4.90 Å². The summed E-state index contributed by atoms with van der Waals surface area (Å²) >= 11 is 0. The summed E-state index contributed by atoms with van der Waals surface area (Å²) in [6.07, 6.45) is 0. The topological polar surface area (TPSA) is 40.6 Å². The minimum atomic E-state index is -3.47. The van der Waals surface area contributed by atoms with Crippen LogP contribution in [0.15, 0.2) is 53.4 Å². The summed E-state index contributed by atoms with van der Waals surface area (Å²) in [5.41, 5.74) is 2.04. The van der Waals surface area contributed by atoms with Crippen molar-refractivity contribution >= 4 is 15.7 Å². The third-order valence-corrected chi connectivity index (χ3v) is 6.53. The Hall–Kier alpha value is -1.92. The van der Waals surface area contributed by atoms with E-state index in [9.17, 15) is 12.8 Å². The van der Waals surface area contributed by atoms with Crippen molar-refractivity contribution in [2.45, 2.75) is 24.7 Å². The first-order valence-corrected chi connectivity index (χ1v) is 9.92. The third-order valence-electron chi connectivity index (χ3n) is 4.61. The lowest BCUT2D eigenvalue weighted by molar-refractivity contribution is 0.385. The van der Waals surface area contributed by atoms with Crippen molar-refractivity contribution in [3.63, 3.8) is 0 Å². The smallest absolute Gasteiger partial charge is 0.243 e. The van der Waals surface area contributed by atoms with Gasteiger partial charge in [0.1, 0.15) is 5.82 Å². The van der Waals surface area contributed by atoms with Crippen LogP contribution in [0.3, 0.4) is 0 Å². The number of hydrogen-bond donors (Lipinski definition) is 0. The Morgan fingerprint density at radius 2 is 1.44 bits per heavy atom. The number of rotatable bonds is 4. The lowest BCUT2D eigenvalue weighted by Crippen LogP contribution is -2.48. The normalized spacial score (nSPS) is 16.4. The van der Waals surface area contributed by atoms with Crippen molar-refractivity contribution in [3.05, 3.63) is 59.9 Å². The van der Waals surface area contributed by atoms with Crippen LogP contribution in [0, 0.1) is 5.82 Å². The summed E-state index contributed by atoms with van der Waals surface area (Å²) in [4.78, 5) is 2.42. The first-order chi connectivity index (χ1) is 11.9. The maximum Gasteiger partial charge on any atom is 0.243 e. The number of anilines is 1. The maximum atomic E-state index is 13.0. The van der Waals surface area contributed by atoms with Crippen molar-refractivity contribution < 1.29 is 12.8 Å². The third kappa shape index (κ3) is 3.85. The highest BCUT2D eigenvalue weighted by atomic mass is 32.2. The van der Waals surface area contributed by atoms with E-state index in [-0.39, 0.29) is 5.82 Å². The molecule has 1 aliphatic heterocycles. The van der Waals surface area contributed by atoms with Gasteiger partial charge in [0.25, 0.3) is 0 Å². The molecule has 2 aromatic rings. The highest BCUT2D eigenvalue weighted by molar-refractivity contribution is 7.89. The monoisotopic (exact) mass is 362 g/mol. The zero-order valence-electron chi connectivity index (χ0n) is 14.5. The zero-order chi connectivity index (χ0) is 18.0. The van der Waals surface area contributed by atoms with Crippen LogP contribution in [-0.4, -0.2) is 38.9 Å². The van der Waals surface area contributed by atoms with Crippen LogP contribution in [0.4, 0.5) is 10.1 Å². The number of nitrogens with zero attached hydrogens (tertiary/aromatic N) is 2. The summed E-state index contributed by atoms with van der Waals surface area (Å²) < 4.78 is 40.2. The SMILES string of the molecule is CC(C)c1ccc(S(=O)(=O)N2CCN(c3ccc(F)cc3)CC2)cc1. The second-order valence-electron chi connectivity index (χ2n) is 6.59. The minimum Gasteiger partial charge on any atom is -0.369 e. The molecule has 1 fully saturated rings. The molecule has 0 radical (unpaired) electrons. The first-order valence-electron chi connectivity index (χ1n) is 8.48. The van der Waals surface area contributed by atoms with E-state index in [1.165, 1.54) is 16.4 Å². The van der Waals surface area contributed by atoms with Gasteiger partial charge in [0, 0.05) is 31.9 Å². The molecule has 1 saturated heterocycles. The van der Waals surface area contributed by atoms with Gasteiger partial charge in [0.15, 0.2) is 0 Å². The lowest BCUT2D eigenvalue weighted by atomic mass is 10.0. The van der Waals surface area contributed by atoms with Crippen LogP contribution in [0.5, 0.6) is 0 Å². The fourth-order valence-electron chi connectivity index (χ4n) is 3.01. The van der Waals surface area contributed by atoms with Gasteiger partial charge in [-0.2, -0.15) is 4.31 Å². The molecule has 0 bridgehead atoms.